The summed E-state index contributed by atoms with van der Waals surface area (Å²) in [7, 11) is 3.75. The van der Waals surface area contributed by atoms with Gasteiger partial charge in [0.25, 0.3) is 0 Å². The van der Waals surface area contributed by atoms with Crippen LogP contribution in [0.2, 0.25) is 0 Å². The second kappa shape index (κ2) is 4.92. The Balaban J connectivity index is 3.50. The third-order valence-corrected chi connectivity index (χ3v) is 2.52. The first kappa shape index (κ1) is 12.4. The maximum Gasteiger partial charge on any atom is 0.162 e. The van der Waals surface area contributed by atoms with Crippen LogP contribution in [-0.2, 0) is 12.8 Å². The molecule has 0 bridgehead atoms. The zero-order valence-electron chi connectivity index (χ0n) is 10.3. The highest BCUT2D eigenvalue weighted by Crippen LogP contribution is 2.21. The molecule has 0 unspecified atom stereocenters. The van der Waals surface area contributed by atoms with Crippen molar-refractivity contribution < 1.29 is 0 Å². The number of rotatable bonds is 4. The molecular formula is C11H19N5. The maximum atomic E-state index is 7.67. The first-order chi connectivity index (χ1) is 7.52. The lowest BCUT2D eigenvalue weighted by atomic mass is 10.0. The first-order valence-corrected chi connectivity index (χ1v) is 5.43. The molecule has 1 aromatic rings. The molecule has 0 aliphatic heterocycles. The van der Waals surface area contributed by atoms with Crippen LogP contribution < -0.4 is 10.6 Å². The van der Waals surface area contributed by atoms with E-state index in [2.05, 4.69) is 10.2 Å². The van der Waals surface area contributed by atoms with Gasteiger partial charge in [-0.3, -0.25) is 5.41 Å². The second-order valence-corrected chi connectivity index (χ2v) is 3.84. The summed E-state index contributed by atoms with van der Waals surface area (Å²) < 4.78 is 0. The molecule has 1 rings (SSSR count). The van der Waals surface area contributed by atoms with E-state index in [1.54, 1.807) is 0 Å². The lowest BCUT2D eigenvalue weighted by Gasteiger charge is -2.18. The van der Waals surface area contributed by atoms with Gasteiger partial charge in [-0.2, -0.15) is 5.10 Å². The van der Waals surface area contributed by atoms with Crippen molar-refractivity contribution >= 4 is 11.7 Å². The smallest absolute Gasteiger partial charge is 0.162 e. The van der Waals surface area contributed by atoms with Crippen LogP contribution in [-0.4, -0.2) is 30.1 Å². The number of hydrogen-bond acceptors (Lipinski definition) is 4. The highest BCUT2D eigenvalue weighted by atomic mass is 15.2. The van der Waals surface area contributed by atoms with Crippen molar-refractivity contribution in [1.29, 1.82) is 5.41 Å². The molecule has 0 fully saturated rings. The molecule has 0 aliphatic rings. The average Bonchev–Trinajstić information content (AvgIpc) is 2.26. The summed E-state index contributed by atoms with van der Waals surface area (Å²) in [6.07, 6.45) is 1.62. The summed E-state index contributed by atoms with van der Waals surface area (Å²) in [6, 6.07) is 0. The van der Waals surface area contributed by atoms with E-state index in [-0.39, 0.29) is 5.84 Å². The van der Waals surface area contributed by atoms with Gasteiger partial charge in [-0.15, -0.1) is 5.10 Å². The van der Waals surface area contributed by atoms with Crippen LogP contribution in [0.5, 0.6) is 0 Å². The molecule has 1 heterocycles. The fourth-order valence-electron chi connectivity index (χ4n) is 1.76. The number of anilines is 1. The van der Waals surface area contributed by atoms with Gasteiger partial charge in [0.15, 0.2) is 5.82 Å². The predicted octanol–water partition coefficient (Wildman–Crippen LogP) is 0.951. The number of amidine groups is 1. The van der Waals surface area contributed by atoms with Crippen molar-refractivity contribution in [1.82, 2.24) is 10.2 Å². The van der Waals surface area contributed by atoms with Crippen molar-refractivity contribution in [3.63, 3.8) is 0 Å². The summed E-state index contributed by atoms with van der Waals surface area (Å²) in [6.45, 7) is 4.07. The molecule has 0 spiro atoms. The minimum absolute atomic E-state index is 0.0603. The number of aryl methyl sites for hydroxylation is 1. The third-order valence-electron chi connectivity index (χ3n) is 2.52. The van der Waals surface area contributed by atoms with E-state index in [0.717, 1.165) is 29.7 Å². The van der Waals surface area contributed by atoms with Crippen molar-refractivity contribution in [3.8, 4) is 0 Å². The lowest BCUT2D eigenvalue weighted by Crippen LogP contribution is -2.23. The summed E-state index contributed by atoms with van der Waals surface area (Å²) in [5.74, 6) is 0.728. The molecule has 1 aromatic heterocycles. The van der Waals surface area contributed by atoms with Gasteiger partial charge in [-0.05, 0) is 18.4 Å². The van der Waals surface area contributed by atoms with Crippen molar-refractivity contribution in [2.24, 2.45) is 5.73 Å². The fraction of sp³-hybridized carbons (Fsp3) is 0.545. The Morgan fingerprint density at radius 3 is 2.25 bits per heavy atom. The Kier molecular flexibility index (Phi) is 3.82. The average molecular weight is 221 g/mol. The molecule has 0 atom stereocenters. The minimum Gasteiger partial charge on any atom is -0.384 e. The minimum atomic E-state index is 0.0603. The Labute approximate surface area is 96.2 Å². The Morgan fingerprint density at radius 2 is 1.88 bits per heavy atom. The van der Waals surface area contributed by atoms with Gasteiger partial charge in [0.1, 0.15) is 5.84 Å². The Hall–Kier alpha value is -1.65. The van der Waals surface area contributed by atoms with E-state index in [9.17, 15) is 0 Å². The van der Waals surface area contributed by atoms with Gasteiger partial charge in [-0.1, -0.05) is 13.8 Å². The summed E-state index contributed by atoms with van der Waals surface area (Å²) in [5, 5.41) is 16.0. The van der Waals surface area contributed by atoms with Crippen LogP contribution in [0.25, 0.3) is 0 Å². The van der Waals surface area contributed by atoms with Gasteiger partial charge in [-0.25, -0.2) is 0 Å². The summed E-state index contributed by atoms with van der Waals surface area (Å²) in [4.78, 5) is 1.84. The number of aromatic nitrogens is 2. The summed E-state index contributed by atoms with van der Waals surface area (Å²) in [5.41, 5.74) is 8.33. The number of nitrogens with two attached hydrogens (primary N) is 1. The van der Waals surface area contributed by atoms with Crippen molar-refractivity contribution in [2.45, 2.75) is 26.7 Å². The van der Waals surface area contributed by atoms with Crippen LogP contribution in [0.4, 0.5) is 5.82 Å². The molecule has 88 valence electrons. The monoisotopic (exact) mass is 221 g/mol. The topological polar surface area (TPSA) is 78.9 Å². The van der Waals surface area contributed by atoms with Gasteiger partial charge in [0, 0.05) is 14.1 Å². The number of nitrogens with zero attached hydrogens (tertiary/aromatic N) is 3. The van der Waals surface area contributed by atoms with Gasteiger partial charge >= 0.3 is 0 Å². The molecule has 0 aromatic carbocycles. The molecule has 0 saturated carbocycles. The van der Waals surface area contributed by atoms with E-state index < -0.39 is 0 Å². The number of nitrogens with one attached hydrogen (secondary N) is 1. The SMILES string of the molecule is CCc1nnc(N(C)C)c(C(=N)N)c1CC. The highest BCUT2D eigenvalue weighted by molar-refractivity contribution is 6.01. The molecule has 0 amide bonds. The zero-order chi connectivity index (χ0) is 12.3. The molecule has 5 nitrogen and oxygen atoms in total. The molecule has 0 aliphatic carbocycles. The highest BCUT2D eigenvalue weighted by Gasteiger charge is 2.17. The molecule has 0 saturated heterocycles. The van der Waals surface area contributed by atoms with Crippen LogP contribution >= 0.6 is 0 Å². The van der Waals surface area contributed by atoms with Crippen LogP contribution in [0.1, 0.15) is 30.7 Å². The standard InChI is InChI=1S/C11H19N5/c1-5-7-8(6-2)14-15-11(16(3)4)9(7)10(12)13/h5-6H2,1-4H3,(H3,12,13). The molecule has 16 heavy (non-hydrogen) atoms. The van der Waals surface area contributed by atoms with Gasteiger partial charge in [0.2, 0.25) is 0 Å². The van der Waals surface area contributed by atoms with Crippen LogP contribution in [0.3, 0.4) is 0 Å². The normalized spacial score (nSPS) is 10.2. The molecule has 0 radical (unpaired) electrons. The van der Waals surface area contributed by atoms with Crippen LogP contribution in [0.15, 0.2) is 0 Å². The number of nitrogen functional groups attached to an aromatic ring is 1. The van der Waals surface area contributed by atoms with E-state index in [1.165, 1.54) is 0 Å². The molecule has 5 heteroatoms. The number of hydrogen-bond donors (Lipinski definition) is 2. The van der Waals surface area contributed by atoms with Crippen molar-refractivity contribution in [2.75, 3.05) is 19.0 Å². The van der Waals surface area contributed by atoms with E-state index in [4.69, 9.17) is 11.1 Å². The zero-order valence-corrected chi connectivity index (χ0v) is 10.3. The fourth-order valence-corrected chi connectivity index (χ4v) is 1.76. The van der Waals surface area contributed by atoms with Gasteiger partial charge < -0.3 is 10.6 Å². The first-order valence-electron chi connectivity index (χ1n) is 5.43. The molecular weight excluding hydrogens is 202 g/mol. The quantitative estimate of drug-likeness (QED) is 0.586. The maximum absolute atomic E-state index is 7.67. The van der Waals surface area contributed by atoms with E-state index in [1.807, 2.05) is 32.8 Å². The predicted molar refractivity (Wildman–Crippen MR) is 66.1 cm³/mol. The Morgan fingerprint density at radius 1 is 1.25 bits per heavy atom. The lowest BCUT2D eigenvalue weighted by molar-refractivity contribution is 0.856. The van der Waals surface area contributed by atoms with Crippen molar-refractivity contribution in [3.05, 3.63) is 16.8 Å². The van der Waals surface area contributed by atoms with Gasteiger partial charge in [0.05, 0.1) is 11.3 Å². The molecule has 3 N–H and O–H groups in total. The Bertz CT molecular complexity index is 398. The largest absolute Gasteiger partial charge is 0.384 e. The van der Waals surface area contributed by atoms with E-state index >= 15 is 0 Å². The van der Waals surface area contributed by atoms with Crippen LogP contribution in [0, 0.1) is 5.41 Å². The second-order valence-electron chi connectivity index (χ2n) is 3.84. The third kappa shape index (κ3) is 2.13. The summed E-state index contributed by atoms with van der Waals surface area (Å²) >= 11 is 0. The van der Waals surface area contributed by atoms with E-state index in [0.29, 0.717) is 5.82 Å².